The van der Waals surface area contributed by atoms with E-state index in [1.54, 1.807) is 25.6 Å². The first kappa shape index (κ1) is 14.7. The maximum absolute atomic E-state index is 13.2. The van der Waals surface area contributed by atoms with Crippen molar-refractivity contribution < 1.29 is 18.3 Å². The number of nitrogens with zero attached hydrogens (tertiary/aromatic N) is 4. The molecule has 1 aliphatic heterocycles. The Hall–Kier alpha value is -2.90. The van der Waals surface area contributed by atoms with E-state index in [4.69, 9.17) is 13.9 Å². The van der Waals surface area contributed by atoms with Gasteiger partial charge < -0.3 is 18.8 Å². The Morgan fingerprint density at radius 2 is 2.12 bits per heavy atom. The van der Waals surface area contributed by atoms with Crippen molar-refractivity contribution in [2.45, 2.75) is 12.5 Å². The summed E-state index contributed by atoms with van der Waals surface area (Å²) in [7, 11) is 1.56. The number of methoxy groups -OCH3 is 1. The smallest absolute Gasteiger partial charge is 0.316 e. The average Bonchev–Trinajstić information content (AvgIpc) is 3.21. The Labute approximate surface area is 137 Å². The van der Waals surface area contributed by atoms with Gasteiger partial charge in [0.1, 0.15) is 17.4 Å². The van der Waals surface area contributed by atoms with Gasteiger partial charge in [0.25, 0.3) is 6.01 Å². The predicted octanol–water partition coefficient (Wildman–Crippen LogP) is 2.42. The molecule has 1 atom stereocenters. The third-order valence-corrected chi connectivity index (χ3v) is 3.87. The number of aromatic nitrogens is 3. The van der Waals surface area contributed by atoms with Crippen molar-refractivity contribution in [3.8, 4) is 11.8 Å². The molecule has 1 aromatic carbocycles. The minimum absolute atomic E-state index is 0.0647. The summed E-state index contributed by atoms with van der Waals surface area (Å²) < 4.78 is 29.7. The van der Waals surface area contributed by atoms with E-state index in [9.17, 15) is 4.39 Å². The Morgan fingerprint density at radius 3 is 2.92 bits per heavy atom. The van der Waals surface area contributed by atoms with E-state index >= 15 is 0 Å². The summed E-state index contributed by atoms with van der Waals surface area (Å²) in [4.78, 5) is 14.5. The van der Waals surface area contributed by atoms with Crippen LogP contribution in [0.1, 0.15) is 6.42 Å². The van der Waals surface area contributed by atoms with E-state index in [2.05, 4.69) is 15.0 Å². The highest BCUT2D eigenvalue weighted by atomic mass is 19.1. The quantitative estimate of drug-likeness (QED) is 0.727. The summed E-state index contributed by atoms with van der Waals surface area (Å²) in [6.07, 6.45) is 3.85. The lowest BCUT2D eigenvalue weighted by Gasteiger charge is -2.14. The second kappa shape index (κ2) is 5.95. The molecule has 0 amide bonds. The lowest BCUT2D eigenvalue weighted by molar-refractivity contribution is 0.205. The maximum atomic E-state index is 13.2. The Morgan fingerprint density at radius 1 is 1.29 bits per heavy atom. The summed E-state index contributed by atoms with van der Waals surface area (Å²) in [5.74, 6) is 0.235. The van der Waals surface area contributed by atoms with Crippen molar-refractivity contribution in [2.24, 2.45) is 0 Å². The number of rotatable bonds is 4. The van der Waals surface area contributed by atoms with E-state index in [1.165, 1.54) is 12.1 Å². The number of oxazole rings is 1. The molecule has 1 saturated heterocycles. The molecule has 0 saturated carbocycles. The maximum Gasteiger partial charge on any atom is 0.316 e. The van der Waals surface area contributed by atoms with Crippen LogP contribution in [-0.4, -0.2) is 41.3 Å². The Kier molecular flexibility index (Phi) is 3.64. The lowest BCUT2D eigenvalue weighted by Crippen LogP contribution is -2.25. The molecule has 0 radical (unpaired) electrons. The van der Waals surface area contributed by atoms with Crippen LogP contribution in [0.2, 0.25) is 0 Å². The number of fused-ring (bicyclic) bond motifs is 1. The zero-order chi connectivity index (χ0) is 16.5. The van der Waals surface area contributed by atoms with Gasteiger partial charge in [0.05, 0.1) is 26.0 Å². The third kappa shape index (κ3) is 2.82. The lowest BCUT2D eigenvalue weighted by atomic mass is 10.3. The number of hydrogen-bond acceptors (Lipinski definition) is 7. The topological polar surface area (TPSA) is 73.5 Å². The number of ether oxygens (including phenoxy) is 2. The fourth-order valence-corrected chi connectivity index (χ4v) is 2.64. The van der Waals surface area contributed by atoms with Crippen LogP contribution in [0.15, 0.2) is 35.0 Å². The van der Waals surface area contributed by atoms with Crippen LogP contribution in [0.5, 0.6) is 11.8 Å². The van der Waals surface area contributed by atoms with Crippen LogP contribution in [0.25, 0.3) is 11.1 Å². The molecular formula is C16H15FN4O3. The third-order valence-electron chi connectivity index (χ3n) is 3.87. The molecule has 1 fully saturated rings. The van der Waals surface area contributed by atoms with E-state index < -0.39 is 0 Å². The predicted molar refractivity (Wildman–Crippen MR) is 83.8 cm³/mol. The Bertz CT molecular complexity index is 852. The minimum Gasteiger partial charge on any atom is -0.494 e. The molecule has 124 valence electrons. The van der Waals surface area contributed by atoms with Crippen LogP contribution in [-0.2, 0) is 0 Å². The molecule has 0 aliphatic carbocycles. The standard InChI is InChI=1S/C16H15FN4O3/c1-22-12-7-18-15(19-8-12)23-11-4-5-21(9-11)16-20-13-3-2-10(17)6-14(13)24-16/h2-3,6-8,11H,4-5,9H2,1H3. The van der Waals surface area contributed by atoms with Crippen LogP contribution in [0, 0.1) is 5.82 Å². The van der Waals surface area contributed by atoms with Crippen LogP contribution < -0.4 is 14.4 Å². The van der Waals surface area contributed by atoms with Gasteiger partial charge >= 0.3 is 6.01 Å². The van der Waals surface area contributed by atoms with E-state index in [0.29, 0.717) is 35.4 Å². The molecule has 1 aliphatic rings. The van der Waals surface area contributed by atoms with E-state index in [0.717, 1.165) is 13.0 Å². The van der Waals surface area contributed by atoms with E-state index in [1.807, 2.05) is 4.90 Å². The first-order chi connectivity index (χ1) is 11.7. The van der Waals surface area contributed by atoms with Gasteiger partial charge in [-0.1, -0.05) is 0 Å². The molecule has 1 unspecified atom stereocenters. The van der Waals surface area contributed by atoms with Crippen molar-refractivity contribution >= 4 is 17.1 Å². The van der Waals surface area contributed by atoms with Gasteiger partial charge in [-0.2, -0.15) is 15.0 Å². The summed E-state index contributed by atoms with van der Waals surface area (Å²) in [6.45, 7) is 1.33. The van der Waals surface area contributed by atoms with Crippen molar-refractivity contribution in [3.05, 3.63) is 36.4 Å². The van der Waals surface area contributed by atoms with Gasteiger partial charge in [0.2, 0.25) is 0 Å². The highest BCUT2D eigenvalue weighted by molar-refractivity contribution is 5.74. The summed E-state index contributed by atoms with van der Waals surface area (Å²) >= 11 is 0. The molecule has 3 aromatic rings. The fraction of sp³-hybridized carbons (Fsp3) is 0.312. The number of anilines is 1. The normalized spacial score (nSPS) is 17.4. The molecule has 3 heterocycles. The second-order valence-electron chi connectivity index (χ2n) is 5.49. The molecular weight excluding hydrogens is 315 g/mol. The van der Waals surface area contributed by atoms with Gasteiger partial charge in [-0.05, 0) is 12.1 Å². The molecule has 8 heteroatoms. The molecule has 0 spiro atoms. The molecule has 0 bridgehead atoms. The van der Waals surface area contributed by atoms with Gasteiger partial charge in [0.15, 0.2) is 11.3 Å². The summed E-state index contributed by atoms with van der Waals surface area (Å²) in [5, 5.41) is 0. The summed E-state index contributed by atoms with van der Waals surface area (Å²) in [5.41, 5.74) is 1.07. The number of hydrogen-bond donors (Lipinski definition) is 0. The Balaban J connectivity index is 1.44. The number of benzene rings is 1. The van der Waals surface area contributed by atoms with Crippen LogP contribution >= 0.6 is 0 Å². The zero-order valence-electron chi connectivity index (χ0n) is 13.0. The van der Waals surface area contributed by atoms with Crippen molar-refractivity contribution in [1.29, 1.82) is 0 Å². The first-order valence-electron chi connectivity index (χ1n) is 7.55. The van der Waals surface area contributed by atoms with Gasteiger partial charge in [0, 0.05) is 19.0 Å². The largest absolute Gasteiger partial charge is 0.494 e. The minimum atomic E-state index is -0.343. The van der Waals surface area contributed by atoms with Crippen molar-refractivity contribution in [2.75, 3.05) is 25.1 Å². The first-order valence-corrected chi connectivity index (χ1v) is 7.55. The SMILES string of the molecule is COc1cnc(OC2CCN(c3nc4ccc(F)cc4o3)C2)nc1. The van der Waals surface area contributed by atoms with Crippen molar-refractivity contribution in [3.63, 3.8) is 0 Å². The van der Waals surface area contributed by atoms with Crippen LogP contribution in [0.3, 0.4) is 0 Å². The van der Waals surface area contributed by atoms with E-state index in [-0.39, 0.29) is 11.9 Å². The van der Waals surface area contributed by atoms with Gasteiger partial charge in [-0.25, -0.2) is 4.39 Å². The average molecular weight is 330 g/mol. The monoisotopic (exact) mass is 330 g/mol. The zero-order valence-corrected chi connectivity index (χ0v) is 13.0. The molecule has 7 nitrogen and oxygen atoms in total. The molecule has 4 rings (SSSR count). The highest BCUT2D eigenvalue weighted by Crippen LogP contribution is 2.26. The second-order valence-corrected chi connectivity index (χ2v) is 5.49. The molecule has 24 heavy (non-hydrogen) atoms. The molecule has 2 aromatic heterocycles. The van der Waals surface area contributed by atoms with Gasteiger partial charge in [-0.3, -0.25) is 0 Å². The number of halogens is 1. The summed E-state index contributed by atoms with van der Waals surface area (Å²) in [6, 6.07) is 5.08. The van der Waals surface area contributed by atoms with Crippen molar-refractivity contribution in [1.82, 2.24) is 15.0 Å². The molecule has 0 N–H and O–H groups in total. The highest BCUT2D eigenvalue weighted by Gasteiger charge is 2.28. The van der Waals surface area contributed by atoms with Gasteiger partial charge in [-0.15, -0.1) is 0 Å². The van der Waals surface area contributed by atoms with Crippen LogP contribution in [0.4, 0.5) is 10.4 Å². The fourth-order valence-electron chi connectivity index (χ4n) is 2.64.